The molecule has 0 unspecified atom stereocenters. The molecule has 5 nitrogen and oxygen atoms in total. The van der Waals surface area contributed by atoms with Gasteiger partial charge in [-0.05, 0) is 25.7 Å². The van der Waals surface area contributed by atoms with E-state index in [0.717, 1.165) is 25.7 Å². The average molecular weight is 333 g/mol. The summed E-state index contributed by atoms with van der Waals surface area (Å²) in [5.74, 6) is -0.577. The zero-order valence-electron chi connectivity index (χ0n) is 13.7. The predicted octanol–water partition coefficient (Wildman–Crippen LogP) is 3.47. The summed E-state index contributed by atoms with van der Waals surface area (Å²) in [5, 5.41) is 2.49. The van der Waals surface area contributed by atoms with Gasteiger partial charge >= 0.3 is 0 Å². The molecule has 2 N–H and O–H groups in total. The summed E-state index contributed by atoms with van der Waals surface area (Å²) in [7, 11) is -3.99. The van der Waals surface area contributed by atoms with Gasteiger partial charge in [0.1, 0.15) is 0 Å². The molecule has 6 heteroatoms. The van der Waals surface area contributed by atoms with E-state index in [9.17, 15) is 13.2 Å². The maximum absolute atomic E-state index is 11.4. The topological polar surface area (TPSA) is 83.5 Å². The summed E-state index contributed by atoms with van der Waals surface area (Å²) in [5.41, 5.74) is 0. The van der Waals surface area contributed by atoms with Crippen molar-refractivity contribution in [3.63, 3.8) is 0 Å². The summed E-state index contributed by atoms with van der Waals surface area (Å²) in [6, 6.07) is 0. The maximum Gasteiger partial charge on any atom is 0.266 e. The molecule has 0 aromatic carbocycles. The van der Waals surface area contributed by atoms with Crippen molar-refractivity contribution >= 4 is 16.0 Å². The molecule has 0 saturated carbocycles. The number of carbonyl (C=O) groups excluding carboxylic acids is 1. The van der Waals surface area contributed by atoms with Crippen LogP contribution in [0.3, 0.4) is 0 Å². The minimum atomic E-state index is -3.99. The standard InChI is InChI=1S/C16H31NO4S/c1-2-3-4-5-6-7-8-9-10-11-12-13-16(18)17-14-15-22(19,20)21/h5-6H,2-4,7-15H2,1H3,(H,17,18)(H,19,20,21)/b6-5-. The lowest BCUT2D eigenvalue weighted by atomic mass is 10.1. The van der Waals surface area contributed by atoms with E-state index in [0.29, 0.717) is 6.42 Å². The molecular formula is C16H31NO4S. The first kappa shape index (κ1) is 21.1. The molecule has 0 aliphatic rings. The average Bonchev–Trinajstić information content (AvgIpc) is 2.43. The van der Waals surface area contributed by atoms with Crippen LogP contribution in [0.25, 0.3) is 0 Å². The molecule has 22 heavy (non-hydrogen) atoms. The fraction of sp³-hybridized carbons (Fsp3) is 0.812. The smallest absolute Gasteiger partial charge is 0.266 e. The van der Waals surface area contributed by atoms with Gasteiger partial charge in [-0.15, -0.1) is 0 Å². The van der Waals surface area contributed by atoms with Crippen LogP contribution in [0.15, 0.2) is 12.2 Å². The number of carbonyl (C=O) groups is 1. The first-order valence-corrected chi connectivity index (χ1v) is 9.93. The minimum Gasteiger partial charge on any atom is -0.355 e. The highest BCUT2D eigenvalue weighted by Gasteiger charge is 2.05. The van der Waals surface area contributed by atoms with E-state index in [4.69, 9.17) is 4.55 Å². The fourth-order valence-electron chi connectivity index (χ4n) is 2.04. The molecule has 0 rings (SSSR count). The van der Waals surface area contributed by atoms with Gasteiger partial charge in [0.2, 0.25) is 5.91 Å². The molecule has 0 aliphatic carbocycles. The van der Waals surface area contributed by atoms with Gasteiger partial charge in [-0.1, -0.05) is 51.2 Å². The van der Waals surface area contributed by atoms with Gasteiger partial charge in [0.25, 0.3) is 10.1 Å². The molecule has 0 spiro atoms. The van der Waals surface area contributed by atoms with E-state index in [1.54, 1.807) is 0 Å². The second-order valence-corrected chi connectivity index (χ2v) is 7.13. The molecule has 0 radical (unpaired) electrons. The van der Waals surface area contributed by atoms with Crippen molar-refractivity contribution in [3.8, 4) is 0 Å². The number of amides is 1. The Hall–Kier alpha value is -0.880. The van der Waals surface area contributed by atoms with Crippen LogP contribution in [-0.2, 0) is 14.9 Å². The third-order valence-electron chi connectivity index (χ3n) is 3.35. The second-order valence-electron chi connectivity index (χ2n) is 5.56. The van der Waals surface area contributed by atoms with Crippen molar-refractivity contribution in [2.24, 2.45) is 0 Å². The molecule has 0 heterocycles. The van der Waals surface area contributed by atoms with Gasteiger partial charge in [-0.25, -0.2) is 0 Å². The van der Waals surface area contributed by atoms with Crippen LogP contribution < -0.4 is 5.32 Å². The number of hydrogen-bond donors (Lipinski definition) is 2. The van der Waals surface area contributed by atoms with E-state index >= 15 is 0 Å². The van der Waals surface area contributed by atoms with Crippen LogP contribution in [0.5, 0.6) is 0 Å². The van der Waals surface area contributed by atoms with Crippen molar-refractivity contribution in [2.45, 2.75) is 71.1 Å². The second kappa shape index (κ2) is 13.8. The van der Waals surface area contributed by atoms with Crippen LogP contribution in [0.2, 0.25) is 0 Å². The Morgan fingerprint density at radius 1 is 1.00 bits per heavy atom. The SMILES string of the molecule is CCCC/C=C\CCCCCCCC(=O)NCCS(=O)(=O)O. The number of rotatable bonds is 14. The number of allylic oxidation sites excluding steroid dienone is 2. The predicted molar refractivity (Wildman–Crippen MR) is 90.4 cm³/mol. The lowest BCUT2D eigenvalue weighted by molar-refractivity contribution is -0.121. The van der Waals surface area contributed by atoms with E-state index in [1.807, 2.05) is 0 Å². The Kier molecular flexibility index (Phi) is 13.2. The molecule has 0 aromatic rings. The van der Waals surface area contributed by atoms with Gasteiger partial charge < -0.3 is 5.32 Å². The first-order chi connectivity index (χ1) is 10.5. The molecule has 0 atom stereocenters. The summed E-state index contributed by atoms with van der Waals surface area (Å²) >= 11 is 0. The van der Waals surface area contributed by atoms with Crippen molar-refractivity contribution in [1.29, 1.82) is 0 Å². The lowest BCUT2D eigenvalue weighted by Gasteiger charge is -2.04. The molecule has 0 aliphatic heterocycles. The fourth-order valence-corrected chi connectivity index (χ4v) is 2.40. The molecule has 0 aromatic heterocycles. The third-order valence-corrected chi connectivity index (χ3v) is 4.07. The van der Waals surface area contributed by atoms with Crippen molar-refractivity contribution < 1.29 is 17.8 Å². The molecule has 1 amide bonds. The number of unbranched alkanes of at least 4 members (excludes halogenated alkanes) is 7. The number of hydrogen-bond acceptors (Lipinski definition) is 3. The monoisotopic (exact) mass is 333 g/mol. The molecule has 0 bridgehead atoms. The van der Waals surface area contributed by atoms with E-state index in [2.05, 4.69) is 24.4 Å². The number of nitrogens with one attached hydrogen (secondary N) is 1. The summed E-state index contributed by atoms with van der Waals surface area (Å²) < 4.78 is 29.5. The van der Waals surface area contributed by atoms with Crippen molar-refractivity contribution in [2.75, 3.05) is 12.3 Å². The molecular weight excluding hydrogens is 302 g/mol. The Morgan fingerprint density at radius 2 is 1.59 bits per heavy atom. The quantitative estimate of drug-likeness (QED) is 0.290. The van der Waals surface area contributed by atoms with Crippen molar-refractivity contribution in [1.82, 2.24) is 5.32 Å². The Balaban J connectivity index is 3.32. The molecule has 0 saturated heterocycles. The zero-order valence-corrected chi connectivity index (χ0v) is 14.5. The van der Waals surface area contributed by atoms with E-state index < -0.39 is 15.9 Å². The Bertz CT molecular complexity index is 404. The van der Waals surface area contributed by atoms with Gasteiger partial charge in [-0.3, -0.25) is 9.35 Å². The van der Waals surface area contributed by atoms with E-state index in [1.165, 1.54) is 32.1 Å². The maximum atomic E-state index is 11.4. The summed E-state index contributed by atoms with van der Waals surface area (Å²) in [6.07, 6.45) is 15.1. The third kappa shape index (κ3) is 17.2. The van der Waals surface area contributed by atoms with Crippen LogP contribution in [-0.4, -0.2) is 31.2 Å². The van der Waals surface area contributed by atoms with E-state index in [-0.39, 0.29) is 12.5 Å². The van der Waals surface area contributed by atoms with Crippen molar-refractivity contribution in [3.05, 3.63) is 12.2 Å². The minimum absolute atomic E-state index is 0.0258. The molecule has 130 valence electrons. The Morgan fingerprint density at radius 3 is 2.23 bits per heavy atom. The Labute approximate surface area is 135 Å². The van der Waals surface area contributed by atoms with Crippen LogP contribution in [0.4, 0.5) is 0 Å². The highest BCUT2D eigenvalue weighted by molar-refractivity contribution is 7.85. The van der Waals surface area contributed by atoms with Crippen LogP contribution in [0.1, 0.15) is 71.1 Å². The summed E-state index contributed by atoms with van der Waals surface area (Å²) in [4.78, 5) is 11.4. The lowest BCUT2D eigenvalue weighted by Crippen LogP contribution is -2.28. The van der Waals surface area contributed by atoms with Crippen LogP contribution >= 0.6 is 0 Å². The highest BCUT2D eigenvalue weighted by Crippen LogP contribution is 2.08. The largest absolute Gasteiger partial charge is 0.355 e. The normalized spacial score (nSPS) is 11.9. The van der Waals surface area contributed by atoms with Gasteiger partial charge in [-0.2, -0.15) is 8.42 Å². The van der Waals surface area contributed by atoms with Crippen LogP contribution in [0, 0.1) is 0 Å². The summed E-state index contributed by atoms with van der Waals surface area (Å²) in [6.45, 7) is 2.17. The first-order valence-electron chi connectivity index (χ1n) is 8.32. The van der Waals surface area contributed by atoms with Gasteiger partial charge in [0.05, 0.1) is 5.75 Å². The van der Waals surface area contributed by atoms with Gasteiger partial charge in [0.15, 0.2) is 0 Å². The van der Waals surface area contributed by atoms with Gasteiger partial charge in [0, 0.05) is 13.0 Å². The zero-order chi connectivity index (χ0) is 16.7. The molecule has 0 fully saturated rings. The highest BCUT2D eigenvalue weighted by atomic mass is 32.2.